The standard InChI is InChI=1S/C12H18N2O2/c1-9-8-14(5-2-6-15)11-4-3-10(13)7-12(11)16-9/h3-4,7,9,15H,2,5-6,8,13H2,1H3. The van der Waals surface area contributed by atoms with Gasteiger partial charge in [-0.2, -0.15) is 0 Å². The molecule has 0 fully saturated rings. The zero-order chi connectivity index (χ0) is 11.5. The van der Waals surface area contributed by atoms with Gasteiger partial charge in [0.05, 0.1) is 12.2 Å². The lowest BCUT2D eigenvalue weighted by atomic mass is 10.1. The lowest BCUT2D eigenvalue weighted by molar-refractivity contribution is 0.210. The molecular weight excluding hydrogens is 204 g/mol. The molecule has 0 aliphatic carbocycles. The number of nitrogens with two attached hydrogens (primary N) is 1. The van der Waals surface area contributed by atoms with Gasteiger partial charge >= 0.3 is 0 Å². The van der Waals surface area contributed by atoms with Crippen LogP contribution in [0.3, 0.4) is 0 Å². The van der Waals surface area contributed by atoms with Gasteiger partial charge in [0.25, 0.3) is 0 Å². The first-order valence-corrected chi connectivity index (χ1v) is 5.62. The number of nitrogen functional groups attached to an aromatic ring is 1. The lowest BCUT2D eigenvalue weighted by Crippen LogP contribution is -2.39. The smallest absolute Gasteiger partial charge is 0.145 e. The fourth-order valence-corrected chi connectivity index (χ4v) is 2.02. The molecule has 4 nitrogen and oxygen atoms in total. The molecule has 88 valence electrons. The van der Waals surface area contributed by atoms with E-state index < -0.39 is 0 Å². The molecular formula is C12H18N2O2. The molecule has 1 unspecified atom stereocenters. The van der Waals surface area contributed by atoms with E-state index in [9.17, 15) is 0 Å². The first-order valence-electron chi connectivity index (χ1n) is 5.62. The van der Waals surface area contributed by atoms with Gasteiger partial charge in [-0.15, -0.1) is 0 Å². The normalized spacial score (nSPS) is 19.1. The van der Waals surface area contributed by atoms with Crippen molar-refractivity contribution in [2.75, 3.05) is 30.3 Å². The Balaban J connectivity index is 2.23. The van der Waals surface area contributed by atoms with Crippen molar-refractivity contribution in [3.05, 3.63) is 18.2 Å². The summed E-state index contributed by atoms with van der Waals surface area (Å²) in [6, 6.07) is 5.72. The van der Waals surface area contributed by atoms with Crippen LogP contribution in [0.15, 0.2) is 18.2 Å². The molecule has 3 N–H and O–H groups in total. The van der Waals surface area contributed by atoms with Crippen molar-refractivity contribution in [2.24, 2.45) is 0 Å². The molecule has 1 aliphatic heterocycles. The molecule has 0 bridgehead atoms. The number of anilines is 2. The zero-order valence-electron chi connectivity index (χ0n) is 9.52. The number of aliphatic hydroxyl groups is 1. The van der Waals surface area contributed by atoms with Crippen LogP contribution in [0.1, 0.15) is 13.3 Å². The Hall–Kier alpha value is -1.42. The topological polar surface area (TPSA) is 58.7 Å². The highest BCUT2D eigenvalue weighted by Crippen LogP contribution is 2.34. The molecule has 1 aliphatic rings. The summed E-state index contributed by atoms with van der Waals surface area (Å²) in [6.45, 7) is 3.96. The van der Waals surface area contributed by atoms with Gasteiger partial charge in [-0.1, -0.05) is 0 Å². The van der Waals surface area contributed by atoms with Crippen LogP contribution in [-0.2, 0) is 0 Å². The SMILES string of the molecule is CC1CN(CCCO)c2ccc(N)cc2O1. The summed E-state index contributed by atoms with van der Waals surface area (Å²) in [5.74, 6) is 0.844. The van der Waals surface area contributed by atoms with Crippen molar-refractivity contribution >= 4 is 11.4 Å². The van der Waals surface area contributed by atoms with E-state index in [0.717, 1.165) is 36.6 Å². The van der Waals surface area contributed by atoms with Crippen molar-refractivity contribution in [1.82, 2.24) is 0 Å². The minimum atomic E-state index is 0.160. The summed E-state index contributed by atoms with van der Waals surface area (Å²) in [5, 5.41) is 8.88. The summed E-state index contributed by atoms with van der Waals surface area (Å²) in [4.78, 5) is 2.24. The first-order chi connectivity index (χ1) is 7.70. The summed E-state index contributed by atoms with van der Waals surface area (Å²) in [5.41, 5.74) is 7.52. The molecule has 4 heteroatoms. The van der Waals surface area contributed by atoms with Crippen LogP contribution >= 0.6 is 0 Å². The van der Waals surface area contributed by atoms with E-state index in [1.807, 2.05) is 25.1 Å². The fourth-order valence-electron chi connectivity index (χ4n) is 2.02. The van der Waals surface area contributed by atoms with Crippen molar-refractivity contribution in [3.63, 3.8) is 0 Å². The molecule has 1 heterocycles. The first kappa shape index (κ1) is 11.1. The Morgan fingerprint density at radius 3 is 3.12 bits per heavy atom. The highest BCUT2D eigenvalue weighted by molar-refractivity contribution is 5.65. The molecule has 16 heavy (non-hydrogen) atoms. The van der Waals surface area contributed by atoms with Crippen LogP contribution < -0.4 is 15.4 Å². The van der Waals surface area contributed by atoms with Gasteiger partial charge in [0.15, 0.2) is 0 Å². The Bertz CT molecular complexity index is 368. The maximum Gasteiger partial charge on any atom is 0.145 e. The van der Waals surface area contributed by atoms with Crippen molar-refractivity contribution < 1.29 is 9.84 Å². The Kier molecular flexibility index (Phi) is 3.19. The molecule has 0 amide bonds. The van der Waals surface area contributed by atoms with Crippen molar-refractivity contribution in [3.8, 4) is 5.75 Å². The predicted octanol–water partition coefficient (Wildman–Crippen LogP) is 1.24. The average molecular weight is 222 g/mol. The van der Waals surface area contributed by atoms with Crippen LogP contribution in [-0.4, -0.2) is 30.9 Å². The number of aliphatic hydroxyl groups excluding tert-OH is 1. The Labute approximate surface area is 95.6 Å². The van der Waals surface area contributed by atoms with Gasteiger partial charge in [-0.3, -0.25) is 0 Å². The summed E-state index contributed by atoms with van der Waals surface area (Å²) < 4.78 is 5.74. The van der Waals surface area contributed by atoms with Crippen molar-refractivity contribution in [2.45, 2.75) is 19.4 Å². The molecule has 0 aromatic heterocycles. The van der Waals surface area contributed by atoms with Gasteiger partial charge in [0.2, 0.25) is 0 Å². The third-order valence-electron chi connectivity index (χ3n) is 2.72. The number of rotatable bonds is 3. The largest absolute Gasteiger partial charge is 0.487 e. The number of hydrogen-bond donors (Lipinski definition) is 2. The Morgan fingerprint density at radius 1 is 1.56 bits per heavy atom. The zero-order valence-corrected chi connectivity index (χ0v) is 9.52. The van der Waals surface area contributed by atoms with Crippen LogP contribution in [0.25, 0.3) is 0 Å². The maximum atomic E-state index is 8.88. The van der Waals surface area contributed by atoms with E-state index >= 15 is 0 Å². The van der Waals surface area contributed by atoms with E-state index in [2.05, 4.69) is 4.90 Å². The predicted molar refractivity (Wildman–Crippen MR) is 64.9 cm³/mol. The third-order valence-corrected chi connectivity index (χ3v) is 2.72. The second-order valence-electron chi connectivity index (χ2n) is 4.18. The number of ether oxygens (including phenoxy) is 1. The van der Waals surface area contributed by atoms with Gasteiger partial charge < -0.3 is 20.5 Å². The quantitative estimate of drug-likeness (QED) is 0.755. The van der Waals surface area contributed by atoms with E-state index in [1.54, 1.807) is 0 Å². The van der Waals surface area contributed by atoms with Crippen LogP contribution in [0, 0.1) is 0 Å². The summed E-state index contributed by atoms with van der Waals surface area (Å²) in [7, 11) is 0. The van der Waals surface area contributed by atoms with Crippen molar-refractivity contribution in [1.29, 1.82) is 0 Å². The Morgan fingerprint density at radius 2 is 2.38 bits per heavy atom. The summed E-state index contributed by atoms with van der Waals surface area (Å²) in [6.07, 6.45) is 0.935. The average Bonchev–Trinajstić information content (AvgIpc) is 2.25. The highest BCUT2D eigenvalue weighted by atomic mass is 16.5. The van der Waals surface area contributed by atoms with E-state index in [4.69, 9.17) is 15.6 Å². The van der Waals surface area contributed by atoms with Crippen LogP contribution in [0.2, 0.25) is 0 Å². The van der Waals surface area contributed by atoms with Gasteiger partial charge in [0.1, 0.15) is 11.9 Å². The fraction of sp³-hybridized carbons (Fsp3) is 0.500. The van der Waals surface area contributed by atoms with Gasteiger partial charge in [-0.05, 0) is 25.5 Å². The molecule has 0 saturated heterocycles. The number of hydrogen-bond acceptors (Lipinski definition) is 4. The van der Waals surface area contributed by atoms with Crippen LogP contribution in [0.4, 0.5) is 11.4 Å². The molecule has 1 aromatic rings. The third kappa shape index (κ3) is 2.22. The minimum absolute atomic E-state index is 0.160. The van der Waals surface area contributed by atoms with Crippen LogP contribution in [0.5, 0.6) is 5.75 Å². The number of benzene rings is 1. The van der Waals surface area contributed by atoms with E-state index in [0.29, 0.717) is 0 Å². The second kappa shape index (κ2) is 4.61. The molecule has 2 rings (SSSR count). The second-order valence-corrected chi connectivity index (χ2v) is 4.18. The molecule has 0 radical (unpaired) electrons. The summed E-state index contributed by atoms with van der Waals surface area (Å²) >= 11 is 0. The molecule has 1 aromatic carbocycles. The van der Waals surface area contributed by atoms with E-state index in [-0.39, 0.29) is 12.7 Å². The monoisotopic (exact) mass is 222 g/mol. The van der Waals surface area contributed by atoms with Gasteiger partial charge in [0, 0.05) is 24.9 Å². The molecule has 0 spiro atoms. The maximum absolute atomic E-state index is 8.88. The van der Waals surface area contributed by atoms with E-state index in [1.165, 1.54) is 0 Å². The van der Waals surface area contributed by atoms with Gasteiger partial charge in [-0.25, -0.2) is 0 Å². The number of nitrogens with zero attached hydrogens (tertiary/aromatic N) is 1. The number of fused-ring (bicyclic) bond motifs is 1. The molecule has 0 saturated carbocycles. The molecule has 1 atom stereocenters. The lowest BCUT2D eigenvalue weighted by Gasteiger charge is -2.35. The highest BCUT2D eigenvalue weighted by Gasteiger charge is 2.22. The minimum Gasteiger partial charge on any atom is -0.487 e.